The Kier molecular flexibility index (Phi) is 5.40. The van der Waals surface area contributed by atoms with E-state index in [-0.39, 0.29) is 0 Å². The predicted octanol–water partition coefficient (Wildman–Crippen LogP) is 2.19. The summed E-state index contributed by atoms with van der Waals surface area (Å²) in [7, 11) is 0. The molecule has 0 bridgehead atoms. The quantitative estimate of drug-likeness (QED) is 0.685. The largest absolute Gasteiger partial charge is 0.380 e. The summed E-state index contributed by atoms with van der Waals surface area (Å²) in [4.78, 5) is 0. The van der Waals surface area contributed by atoms with Crippen LogP contribution in [0.4, 0.5) is 0 Å². The van der Waals surface area contributed by atoms with E-state index in [4.69, 9.17) is 4.74 Å². The van der Waals surface area contributed by atoms with Crippen molar-refractivity contribution in [1.82, 2.24) is 5.32 Å². The van der Waals surface area contributed by atoms with Crippen LogP contribution < -0.4 is 5.32 Å². The van der Waals surface area contributed by atoms with Crippen LogP contribution in [0, 0.1) is 5.92 Å². The summed E-state index contributed by atoms with van der Waals surface area (Å²) >= 11 is 0. The Hall–Kier alpha value is -0.0800. The van der Waals surface area contributed by atoms with E-state index in [1.165, 1.54) is 32.2 Å². The average Bonchev–Trinajstić information content (AvgIpc) is 2.64. The molecule has 1 rings (SSSR count). The molecule has 0 amide bonds. The Bertz CT molecular complexity index is 121. The molecule has 1 aliphatic rings. The molecule has 1 atom stereocenters. The molecular formula is C11H23NO. The molecule has 0 saturated heterocycles. The fourth-order valence-corrected chi connectivity index (χ4v) is 1.94. The lowest BCUT2D eigenvalue weighted by atomic mass is 10.1. The summed E-state index contributed by atoms with van der Waals surface area (Å²) in [6.07, 6.45) is 5.72. The maximum absolute atomic E-state index is 5.35. The molecular weight excluding hydrogens is 162 g/mol. The fraction of sp³-hybridized carbons (Fsp3) is 1.00. The zero-order valence-electron chi connectivity index (χ0n) is 9.01. The average molecular weight is 185 g/mol. The second-order valence-corrected chi connectivity index (χ2v) is 4.12. The topological polar surface area (TPSA) is 21.3 Å². The van der Waals surface area contributed by atoms with Crippen molar-refractivity contribution in [2.24, 2.45) is 5.92 Å². The van der Waals surface area contributed by atoms with Crippen LogP contribution >= 0.6 is 0 Å². The highest BCUT2D eigenvalue weighted by molar-refractivity contribution is 4.71. The van der Waals surface area contributed by atoms with Gasteiger partial charge in [-0.15, -0.1) is 0 Å². The number of ether oxygens (including phenoxy) is 1. The number of hydrogen-bond acceptors (Lipinski definition) is 2. The molecule has 1 saturated carbocycles. The second kappa shape index (κ2) is 6.39. The van der Waals surface area contributed by atoms with Crippen LogP contribution in [0.2, 0.25) is 0 Å². The van der Waals surface area contributed by atoms with E-state index in [1.54, 1.807) is 0 Å². The van der Waals surface area contributed by atoms with Crippen LogP contribution in [0.5, 0.6) is 0 Å². The maximum atomic E-state index is 5.35. The zero-order valence-corrected chi connectivity index (χ0v) is 9.01. The lowest BCUT2D eigenvalue weighted by molar-refractivity contribution is 0.126. The summed E-state index contributed by atoms with van der Waals surface area (Å²) in [5.41, 5.74) is 0. The summed E-state index contributed by atoms with van der Waals surface area (Å²) < 4.78 is 5.35. The second-order valence-electron chi connectivity index (χ2n) is 4.12. The van der Waals surface area contributed by atoms with Gasteiger partial charge in [0.2, 0.25) is 0 Å². The van der Waals surface area contributed by atoms with Crippen LogP contribution in [0.3, 0.4) is 0 Å². The minimum Gasteiger partial charge on any atom is -0.380 e. The first kappa shape index (κ1) is 11.0. The molecule has 0 radical (unpaired) electrons. The van der Waals surface area contributed by atoms with E-state index < -0.39 is 0 Å². The van der Waals surface area contributed by atoms with E-state index in [9.17, 15) is 0 Å². The normalized spacial score (nSPS) is 20.8. The van der Waals surface area contributed by atoms with Gasteiger partial charge in [-0.1, -0.05) is 12.8 Å². The van der Waals surface area contributed by atoms with Gasteiger partial charge in [0.25, 0.3) is 0 Å². The lowest BCUT2D eigenvalue weighted by Gasteiger charge is -2.16. The minimum atomic E-state index is 0.514. The third kappa shape index (κ3) is 4.63. The maximum Gasteiger partial charge on any atom is 0.0616 e. The molecule has 1 unspecified atom stereocenters. The highest BCUT2D eigenvalue weighted by atomic mass is 16.5. The van der Waals surface area contributed by atoms with Crippen molar-refractivity contribution in [3.8, 4) is 0 Å². The van der Waals surface area contributed by atoms with Gasteiger partial charge in [0, 0.05) is 12.6 Å². The van der Waals surface area contributed by atoms with Crippen LogP contribution in [0.1, 0.15) is 39.5 Å². The molecule has 0 spiro atoms. The Morgan fingerprint density at radius 3 is 2.69 bits per heavy atom. The van der Waals surface area contributed by atoms with Crippen molar-refractivity contribution in [3.63, 3.8) is 0 Å². The molecule has 0 aromatic heterocycles. The first-order chi connectivity index (χ1) is 6.33. The molecule has 0 aromatic rings. The Morgan fingerprint density at radius 2 is 2.08 bits per heavy atom. The van der Waals surface area contributed by atoms with E-state index in [2.05, 4.69) is 12.2 Å². The van der Waals surface area contributed by atoms with Gasteiger partial charge in [-0.05, 0) is 39.2 Å². The van der Waals surface area contributed by atoms with E-state index >= 15 is 0 Å². The molecule has 1 aliphatic carbocycles. The third-order valence-corrected chi connectivity index (χ3v) is 2.80. The van der Waals surface area contributed by atoms with Gasteiger partial charge in [0.1, 0.15) is 0 Å². The lowest BCUT2D eigenvalue weighted by Crippen LogP contribution is -2.33. The van der Waals surface area contributed by atoms with Crippen molar-refractivity contribution >= 4 is 0 Å². The van der Waals surface area contributed by atoms with Gasteiger partial charge in [0.05, 0.1) is 6.61 Å². The summed E-state index contributed by atoms with van der Waals surface area (Å²) in [5.74, 6) is 0.934. The molecule has 2 heteroatoms. The van der Waals surface area contributed by atoms with Gasteiger partial charge >= 0.3 is 0 Å². The summed E-state index contributed by atoms with van der Waals surface area (Å²) in [6, 6.07) is 0.514. The number of nitrogens with one attached hydrogen (secondary N) is 1. The Labute approximate surface area is 82.0 Å². The molecule has 2 nitrogen and oxygen atoms in total. The van der Waals surface area contributed by atoms with Crippen LogP contribution in [-0.4, -0.2) is 25.8 Å². The Morgan fingerprint density at radius 1 is 1.38 bits per heavy atom. The first-order valence-corrected chi connectivity index (χ1v) is 5.64. The van der Waals surface area contributed by atoms with Crippen LogP contribution in [0.25, 0.3) is 0 Å². The minimum absolute atomic E-state index is 0.514. The monoisotopic (exact) mass is 185 g/mol. The summed E-state index contributed by atoms with van der Waals surface area (Å²) in [5, 5.41) is 3.53. The van der Waals surface area contributed by atoms with Crippen molar-refractivity contribution in [2.75, 3.05) is 19.8 Å². The molecule has 0 aromatic carbocycles. The van der Waals surface area contributed by atoms with E-state index in [0.717, 1.165) is 19.1 Å². The number of hydrogen-bond donors (Lipinski definition) is 1. The van der Waals surface area contributed by atoms with Gasteiger partial charge in [-0.3, -0.25) is 0 Å². The van der Waals surface area contributed by atoms with Crippen molar-refractivity contribution in [2.45, 2.75) is 45.6 Å². The highest BCUT2D eigenvalue weighted by Crippen LogP contribution is 2.23. The SMILES string of the molecule is CCOCC(C)NCC1CCCC1. The molecule has 13 heavy (non-hydrogen) atoms. The van der Waals surface area contributed by atoms with Gasteiger partial charge in [-0.2, -0.15) is 0 Å². The van der Waals surface area contributed by atoms with Crippen molar-refractivity contribution < 1.29 is 4.74 Å². The zero-order chi connectivity index (χ0) is 9.52. The smallest absolute Gasteiger partial charge is 0.0616 e. The fourth-order valence-electron chi connectivity index (χ4n) is 1.94. The molecule has 78 valence electrons. The van der Waals surface area contributed by atoms with Crippen molar-refractivity contribution in [1.29, 1.82) is 0 Å². The predicted molar refractivity (Wildman–Crippen MR) is 55.9 cm³/mol. The van der Waals surface area contributed by atoms with Gasteiger partial charge in [-0.25, -0.2) is 0 Å². The third-order valence-electron chi connectivity index (χ3n) is 2.80. The molecule has 0 aliphatic heterocycles. The Balaban J connectivity index is 1.97. The van der Waals surface area contributed by atoms with Crippen LogP contribution in [0.15, 0.2) is 0 Å². The van der Waals surface area contributed by atoms with Crippen molar-refractivity contribution in [3.05, 3.63) is 0 Å². The van der Waals surface area contributed by atoms with E-state index in [1.807, 2.05) is 6.92 Å². The number of rotatable bonds is 6. The standard InChI is InChI=1S/C11H23NO/c1-3-13-9-10(2)12-8-11-6-4-5-7-11/h10-12H,3-9H2,1-2H3. The molecule has 1 fully saturated rings. The van der Waals surface area contributed by atoms with E-state index in [0.29, 0.717) is 6.04 Å². The van der Waals surface area contributed by atoms with Crippen LogP contribution in [-0.2, 0) is 4.74 Å². The summed E-state index contributed by atoms with van der Waals surface area (Å²) in [6.45, 7) is 7.11. The highest BCUT2D eigenvalue weighted by Gasteiger charge is 2.15. The van der Waals surface area contributed by atoms with Gasteiger partial charge in [0.15, 0.2) is 0 Å². The molecule has 1 N–H and O–H groups in total. The molecule has 0 heterocycles. The first-order valence-electron chi connectivity index (χ1n) is 5.64. The van der Waals surface area contributed by atoms with Gasteiger partial charge < -0.3 is 10.1 Å².